The Bertz CT molecular complexity index is 610. The van der Waals surface area contributed by atoms with E-state index in [4.69, 9.17) is 17.3 Å². The molecule has 0 saturated carbocycles. The third-order valence-electron chi connectivity index (χ3n) is 4.26. The molecular weight excluding hydrogens is 280 g/mol. The highest BCUT2D eigenvalue weighted by Gasteiger charge is 2.15. The molecule has 1 unspecified atom stereocenters. The Balaban J connectivity index is 1.81. The molecule has 0 bridgehead atoms. The molecule has 1 aliphatic heterocycles. The van der Waals surface area contributed by atoms with E-state index < -0.39 is 0 Å². The summed E-state index contributed by atoms with van der Waals surface area (Å²) in [6, 6.07) is 15.0. The van der Waals surface area contributed by atoms with Gasteiger partial charge in [-0.05, 0) is 48.6 Å². The van der Waals surface area contributed by atoms with Crippen LogP contribution in [0, 0.1) is 0 Å². The Morgan fingerprint density at radius 1 is 1.05 bits per heavy atom. The average molecular weight is 301 g/mol. The molecule has 3 heteroatoms. The summed E-state index contributed by atoms with van der Waals surface area (Å²) in [4.78, 5) is 2.41. The van der Waals surface area contributed by atoms with E-state index in [1.165, 1.54) is 16.8 Å². The molecule has 0 amide bonds. The first-order chi connectivity index (χ1) is 10.1. The van der Waals surface area contributed by atoms with Gasteiger partial charge in [0.05, 0.1) is 0 Å². The van der Waals surface area contributed by atoms with Crippen molar-refractivity contribution in [3.8, 4) is 0 Å². The fourth-order valence-electron chi connectivity index (χ4n) is 3.01. The second kappa shape index (κ2) is 6.08. The minimum atomic E-state index is -0.0278. The quantitative estimate of drug-likeness (QED) is 0.909. The van der Waals surface area contributed by atoms with Gasteiger partial charge in [-0.25, -0.2) is 0 Å². The van der Waals surface area contributed by atoms with E-state index in [0.717, 1.165) is 36.5 Å². The summed E-state index contributed by atoms with van der Waals surface area (Å²) < 4.78 is 0. The summed E-state index contributed by atoms with van der Waals surface area (Å²) in [6.45, 7) is 4.03. The summed E-state index contributed by atoms with van der Waals surface area (Å²) in [6.07, 6.45) is 2.17. The van der Waals surface area contributed by atoms with E-state index >= 15 is 0 Å². The molecule has 0 spiro atoms. The maximum absolute atomic E-state index is 6.37. The Morgan fingerprint density at radius 3 is 2.19 bits per heavy atom. The number of hydrogen-bond donors (Lipinski definition) is 1. The van der Waals surface area contributed by atoms with Crippen LogP contribution < -0.4 is 10.6 Å². The van der Waals surface area contributed by atoms with Crippen LogP contribution in [-0.2, 0) is 12.8 Å². The van der Waals surface area contributed by atoms with Gasteiger partial charge in [0.1, 0.15) is 0 Å². The summed E-state index contributed by atoms with van der Waals surface area (Å²) in [5, 5.41) is 0.768. The number of anilines is 1. The minimum Gasteiger partial charge on any atom is -0.371 e. The van der Waals surface area contributed by atoms with Gasteiger partial charge in [-0.1, -0.05) is 41.9 Å². The van der Waals surface area contributed by atoms with E-state index in [-0.39, 0.29) is 6.04 Å². The van der Waals surface area contributed by atoms with Crippen LogP contribution in [0.5, 0.6) is 0 Å². The maximum Gasteiger partial charge on any atom is 0.0474 e. The van der Waals surface area contributed by atoms with Gasteiger partial charge < -0.3 is 10.6 Å². The monoisotopic (exact) mass is 300 g/mol. The third kappa shape index (κ3) is 3.07. The van der Waals surface area contributed by atoms with Crippen LogP contribution in [0.3, 0.4) is 0 Å². The first-order valence-corrected chi connectivity index (χ1v) is 7.89. The topological polar surface area (TPSA) is 29.3 Å². The Hall–Kier alpha value is -1.51. The van der Waals surface area contributed by atoms with Crippen LogP contribution in [0.4, 0.5) is 5.69 Å². The number of nitrogens with zero attached hydrogens (tertiary/aromatic N) is 1. The fraction of sp³-hybridized carbons (Fsp3) is 0.333. The molecule has 2 N–H and O–H groups in total. The van der Waals surface area contributed by atoms with Gasteiger partial charge in [-0.3, -0.25) is 0 Å². The van der Waals surface area contributed by atoms with Gasteiger partial charge in [0, 0.05) is 29.8 Å². The van der Waals surface area contributed by atoms with Crippen molar-refractivity contribution in [1.82, 2.24) is 0 Å². The van der Waals surface area contributed by atoms with Crippen LogP contribution >= 0.6 is 11.6 Å². The lowest BCUT2D eigenvalue weighted by molar-refractivity contribution is 0.798. The molecule has 0 aliphatic carbocycles. The van der Waals surface area contributed by atoms with Crippen molar-refractivity contribution in [2.45, 2.75) is 25.8 Å². The van der Waals surface area contributed by atoms with Crippen LogP contribution in [-0.4, -0.2) is 13.1 Å². The lowest BCUT2D eigenvalue weighted by Crippen LogP contribution is -2.26. The highest BCUT2D eigenvalue weighted by Crippen LogP contribution is 2.28. The highest BCUT2D eigenvalue weighted by atomic mass is 35.5. The predicted molar refractivity (Wildman–Crippen MR) is 90.1 cm³/mol. The number of rotatable bonds is 2. The van der Waals surface area contributed by atoms with Crippen LogP contribution in [0.1, 0.15) is 29.7 Å². The van der Waals surface area contributed by atoms with Crippen molar-refractivity contribution in [2.75, 3.05) is 18.0 Å². The lowest BCUT2D eigenvalue weighted by Gasteiger charge is -2.23. The smallest absolute Gasteiger partial charge is 0.0474 e. The van der Waals surface area contributed by atoms with Crippen LogP contribution in [0.15, 0.2) is 42.5 Å². The first kappa shape index (κ1) is 14.4. The Labute approximate surface area is 131 Å². The molecular formula is C18H21ClN2. The zero-order chi connectivity index (χ0) is 14.8. The molecule has 0 fully saturated rings. The number of nitrogens with two attached hydrogens (primary N) is 1. The molecule has 1 heterocycles. The second-order valence-electron chi connectivity index (χ2n) is 5.75. The molecule has 0 radical (unpaired) electrons. The normalized spacial score (nSPS) is 16.2. The predicted octanol–water partition coefficient (Wildman–Crippen LogP) is 3.96. The number of benzene rings is 2. The van der Waals surface area contributed by atoms with Gasteiger partial charge in [0.2, 0.25) is 0 Å². The molecule has 3 rings (SSSR count). The third-order valence-corrected chi connectivity index (χ3v) is 4.59. The van der Waals surface area contributed by atoms with Crippen molar-refractivity contribution in [3.05, 3.63) is 64.2 Å². The number of halogens is 1. The van der Waals surface area contributed by atoms with E-state index in [1.54, 1.807) is 0 Å². The molecule has 0 saturated heterocycles. The van der Waals surface area contributed by atoms with Gasteiger partial charge in [-0.2, -0.15) is 0 Å². The molecule has 1 aliphatic rings. The average Bonchev–Trinajstić information content (AvgIpc) is 2.69. The molecule has 0 aromatic heterocycles. The number of hydrogen-bond acceptors (Lipinski definition) is 2. The van der Waals surface area contributed by atoms with Gasteiger partial charge in [0.25, 0.3) is 0 Å². The van der Waals surface area contributed by atoms with E-state index in [1.807, 2.05) is 6.92 Å². The van der Waals surface area contributed by atoms with Gasteiger partial charge in [-0.15, -0.1) is 0 Å². The summed E-state index contributed by atoms with van der Waals surface area (Å²) in [7, 11) is 0. The summed E-state index contributed by atoms with van der Waals surface area (Å²) >= 11 is 6.37. The van der Waals surface area contributed by atoms with E-state index in [2.05, 4.69) is 47.4 Å². The first-order valence-electron chi connectivity index (χ1n) is 7.52. The van der Waals surface area contributed by atoms with Crippen molar-refractivity contribution in [1.29, 1.82) is 0 Å². The van der Waals surface area contributed by atoms with Crippen molar-refractivity contribution < 1.29 is 0 Å². The molecule has 21 heavy (non-hydrogen) atoms. The second-order valence-corrected chi connectivity index (χ2v) is 6.16. The van der Waals surface area contributed by atoms with Crippen LogP contribution in [0.25, 0.3) is 0 Å². The molecule has 2 aromatic carbocycles. The molecule has 2 nitrogen and oxygen atoms in total. The van der Waals surface area contributed by atoms with Crippen LogP contribution in [0.2, 0.25) is 5.02 Å². The highest BCUT2D eigenvalue weighted by molar-refractivity contribution is 6.31. The summed E-state index contributed by atoms with van der Waals surface area (Å²) in [5.74, 6) is 0. The van der Waals surface area contributed by atoms with Crippen molar-refractivity contribution in [2.24, 2.45) is 5.73 Å². The van der Waals surface area contributed by atoms with E-state index in [9.17, 15) is 0 Å². The molecule has 110 valence electrons. The zero-order valence-corrected chi connectivity index (χ0v) is 13.1. The standard InChI is InChI=1S/C18H21ClN2/c1-13(20)17-7-6-16(12-18(17)19)21-10-8-14-4-2-3-5-15(14)9-11-21/h2-7,12-13H,8-11,20H2,1H3. The maximum atomic E-state index is 6.37. The minimum absolute atomic E-state index is 0.0278. The zero-order valence-electron chi connectivity index (χ0n) is 12.3. The largest absolute Gasteiger partial charge is 0.371 e. The van der Waals surface area contributed by atoms with Gasteiger partial charge >= 0.3 is 0 Å². The molecule has 1 atom stereocenters. The van der Waals surface area contributed by atoms with Crippen molar-refractivity contribution in [3.63, 3.8) is 0 Å². The SMILES string of the molecule is CC(N)c1ccc(N2CCc3ccccc3CC2)cc1Cl. The molecule has 2 aromatic rings. The fourth-order valence-corrected chi connectivity index (χ4v) is 3.36. The summed E-state index contributed by atoms with van der Waals surface area (Å²) in [5.41, 5.74) is 11.1. The Kier molecular flexibility index (Phi) is 4.18. The lowest BCUT2D eigenvalue weighted by atomic mass is 10.0. The van der Waals surface area contributed by atoms with E-state index in [0.29, 0.717) is 0 Å². The number of fused-ring (bicyclic) bond motifs is 1. The van der Waals surface area contributed by atoms with Crippen molar-refractivity contribution >= 4 is 17.3 Å². The van der Waals surface area contributed by atoms with Gasteiger partial charge in [0.15, 0.2) is 0 Å². The Morgan fingerprint density at radius 2 is 1.67 bits per heavy atom.